The third-order valence-corrected chi connectivity index (χ3v) is 12.3. The summed E-state index contributed by atoms with van der Waals surface area (Å²) in [6.45, 7) is 19.0. The molecular formula is C48H47BN2. The van der Waals surface area contributed by atoms with Crippen molar-refractivity contribution in [3.8, 4) is 0 Å². The number of rotatable bonds is 4. The smallest absolute Gasteiger partial charge is 0.252 e. The molecule has 0 spiro atoms. The summed E-state index contributed by atoms with van der Waals surface area (Å²) in [5, 5.41) is 0. The maximum atomic E-state index is 2.61. The van der Waals surface area contributed by atoms with Crippen LogP contribution >= 0.6 is 0 Å². The average Bonchev–Trinajstić information content (AvgIpc) is 3.13. The number of benzene rings is 6. The van der Waals surface area contributed by atoms with Gasteiger partial charge in [-0.25, -0.2) is 0 Å². The molecule has 2 nitrogen and oxygen atoms in total. The number of para-hydroxylation sites is 1. The molecule has 6 aromatic carbocycles. The lowest BCUT2D eigenvalue weighted by molar-refractivity contribution is 0.521. The maximum Gasteiger partial charge on any atom is 0.252 e. The van der Waals surface area contributed by atoms with Gasteiger partial charge in [-0.1, -0.05) is 134 Å². The lowest BCUT2D eigenvalue weighted by Crippen LogP contribution is -2.61. The molecular weight excluding hydrogens is 615 g/mol. The van der Waals surface area contributed by atoms with Crippen molar-refractivity contribution in [1.82, 2.24) is 0 Å². The van der Waals surface area contributed by atoms with Crippen LogP contribution in [0.2, 0.25) is 0 Å². The predicted octanol–water partition coefficient (Wildman–Crippen LogP) is 11.0. The molecule has 3 aliphatic rings. The lowest BCUT2D eigenvalue weighted by atomic mass is 9.33. The Kier molecular flexibility index (Phi) is 7.04. The van der Waals surface area contributed by atoms with Gasteiger partial charge in [0, 0.05) is 45.0 Å². The number of anilines is 6. The fourth-order valence-electron chi connectivity index (χ4n) is 9.41. The highest BCUT2D eigenvalue weighted by atomic mass is 15.2. The van der Waals surface area contributed by atoms with Crippen molar-refractivity contribution in [3.05, 3.63) is 161 Å². The predicted molar refractivity (Wildman–Crippen MR) is 219 cm³/mol. The average molecular weight is 663 g/mol. The molecule has 0 fully saturated rings. The topological polar surface area (TPSA) is 6.48 Å². The van der Waals surface area contributed by atoms with Gasteiger partial charge in [-0.3, -0.25) is 0 Å². The summed E-state index contributed by atoms with van der Waals surface area (Å²) in [6, 6.07) is 48.8. The third-order valence-electron chi connectivity index (χ3n) is 12.3. The van der Waals surface area contributed by atoms with Crippen LogP contribution in [0.15, 0.2) is 127 Å². The van der Waals surface area contributed by atoms with E-state index in [1.165, 1.54) is 83.9 Å². The third kappa shape index (κ3) is 4.56. The largest absolute Gasteiger partial charge is 0.311 e. The zero-order valence-corrected chi connectivity index (χ0v) is 31.3. The van der Waals surface area contributed by atoms with Crippen molar-refractivity contribution >= 4 is 57.2 Å². The Morgan fingerprint density at radius 2 is 0.961 bits per heavy atom. The summed E-state index contributed by atoms with van der Waals surface area (Å²) in [5.74, 6) is 0.868. The van der Waals surface area contributed by atoms with Crippen LogP contribution in [0.3, 0.4) is 0 Å². The van der Waals surface area contributed by atoms with Crippen molar-refractivity contribution in [2.45, 2.75) is 78.1 Å². The summed E-state index contributed by atoms with van der Waals surface area (Å²) >= 11 is 0. The first-order valence-corrected chi connectivity index (χ1v) is 18.8. The van der Waals surface area contributed by atoms with E-state index in [2.05, 4.69) is 193 Å². The normalized spacial score (nSPS) is 16.0. The Bertz CT molecular complexity index is 2350. The molecule has 0 radical (unpaired) electrons. The van der Waals surface area contributed by atoms with E-state index >= 15 is 0 Å². The van der Waals surface area contributed by atoms with Crippen LogP contribution < -0.4 is 26.2 Å². The minimum atomic E-state index is -0.143. The first kappa shape index (κ1) is 31.9. The SMILES string of the molecule is CC(C)c1cccc(N2c3cc(C(C)C)ccc3B3c4cc5c(cc4N(c4ccccc4)c4cccc2c43)C(C)(C)c2ccccc2C5(C)C)c1. The van der Waals surface area contributed by atoms with Crippen LogP contribution in [0.4, 0.5) is 34.1 Å². The second kappa shape index (κ2) is 11.2. The minimum Gasteiger partial charge on any atom is -0.311 e. The lowest BCUT2D eigenvalue weighted by Gasteiger charge is -2.48. The molecule has 51 heavy (non-hydrogen) atoms. The molecule has 0 saturated heterocycles. The molecule has 2 heterocycles. The van der Waals surface area contributed by atoms with Gasteiger partial charge in [-0.2, -0.15) is 0 Å². The van der Waals surface area contributed by atoms with Gasteiger partial charge in [0.2, 0.25) is 0 Å². The molecule has 0 amide bonds. The van der Waals surface area contributed by atoms with Gasteiger partial charge in [-0.05, 0) is 110 Å². The van der Waals surface area contributed by atoms with Crippen molar-refractivity contribution in [2.75, 3.05) is 9.80 Å². The Morgan fingerprint density at radius 1 is 0.431 bits per heavy atom. The van der Waals surface area contributed by atoms with E-state index in [0.29, 0.717) is 11.8 Å². The van der Waals surface area contributed by atoms with Crippen molar-refractivity contribution in [3.63, 3.8) is 0 Å². The second-order valence-corrected chi connectivity index (χ2v) is 16.6. The Labute approximate surface area is 304 Å². The molecule has 0 bridgehead atoms. The quantitative estimate of drug-likeness (QED) is 0.173. The summed E-state index contributed by atoms with van der Waals surface area (Å²) in [7, 11) is 0. The summed E-state index contributed by atoms with van der Waals surface area (Å²) in [4.78, 5) is 5.10. The standard InChI is InChI=1S/C48H47BN2/c1-30(2)32-16-14-19-35(26-32)51-43-23-15-22-42-46(43)49(40-25-24-33(31(3)4)27-44(40)51)41-28-38-39(29-45(41)50(42)34-17-10-9-11-18-34)48(7,8)37-21-13-12-20-36(37)47(38,5)6/h9-31H,1-8H3. The van der Waals surface area contributed by atoms with Gasteiger partial charge in [0.05, 0.1) is 0 Å². The van der Waals surface area contributed by atoms with Crippen LogP contribution in [-0.2, 0) is 10.8 Å². The molecule has 0 N–H and O–H groups in total. The van der Waals surface area contributed by atoms with E-state index in [1.54, 1.807) is 0 Å². The molecule has 0 saturated carbocycles. The number of hydrogen-bond donors (Lipinski definition) is 0. The zero-order chi connectivity index (χ0) is 35.4. The van der Waals surface area contributed by atoms with E-state index in [1.807, 2.05) is 0 Å². The maximum absolute atomic E-state index is 2.61. The Balaban J connectivity index is 1.39. The Morgan fingerprint density at radius 3 is 1.61 bits per heavy atom. The fourth-order valence-corrected chi connectivity index (χ4v) is 9.41. The van der Waals surface area contributed by atoms with E-state index in [0.717, 1.165) is 0 Å². The van der Waals surface area contributed by atoms with Crippen LogP contribution in [0.5, 0.6) is 0 Å². The summed E-state index contributed by atoms with van der Waals surface area (Å²) in [5.41, 5.74) is 19.8. The van der Waals surface area contributed by atoms with Crippen molar-refractivity contribution in [2.24, 2.45) is 0 Å². The van der Waals surface area contributed by atoms with Crippen LogP contribution in [0.1, 0.15) is 101 Å². The van der Waals surface area contributed by atoms with Gasteiger partial charge >= 0.3 is 0 Å². The monoisotopic (exact) mass is 662 g/mol. The molecule has 6 aromatic rings. The molecule has 3 heteroatoms. The first-order chi connectivity index (χ1) is 24.5. The van der Waals surface area contributed by atoms with Gasteiger partial charge in [0.25, 0.3) is 6.71 Å². The molecule has 0 atom stereocenters. The minimum absolute atomic E-state index is 0.0910. The molecule has 0 aromatic heterocycles. The molecule has 2 aliphatic heterocycles. The molecule has 0 unspecified atom stereocenters. The fraction of sp³-hybridized carbons (Fsp3) is 0.250. The van der Waals surface area contributed by atoms with Gasteiger partial charge in [0.15, 0.2) is 0 Å². The van der Waals surface area contributed by atoms with Crippen LogP contribution in [0, 0.1) is 0 Å². The number of fused-ring (bicyclic) bond motifs is 6. The number of nitrogens with zero attached hydrogens (tertiary/aromatic N) is 2. The summed E-state index contributed by atoms with van der Waals surface area (Å²) in [6.07, 6.45) is 0. The van der Waals surface area contributed by atoms with E-state index < -0.39 is 0 Å². The molecule has 252 valence electrons. The highest BCUT2D eigenvalue weighted by molar-refractivity contribution is 7.00. The van der Waals surface area contributed by atoms with E-state index in [-0.39, 0.29) is 17.5 Å². The summed E-state index contributed by atoms with van der Waals surface area (Å²) < 4.78 is 0. The van der Waals surface area contributed by atoms with Gasteiger partial charge in [-0.15, -0.1) is 0 Å². The first-order valence-electron chi connectivity index (χ1n) is 18.8. The second-order valence-electron chi connectivity index (χ2n) is 16.6. The molecule has 1 aliphatic carbocycles. The highest BCUT2D eigenvalue weighted by Gasteiger charge is 2.47. The Hall–Kier alpha value is -5.02. The van der Waals surface area contributed by atoms with E-state index in [4.69, 9.17) is 0 Å². The highest BCUT2D eigenvalue weighted by Crippen LogP contribution is 2.52. The van der Waals surface area contributed by atoms with Crippen molar-refractivity contribution < 1.29 is 0 Å². The number of hydrogen-bond acceptors (Lipinski definition) is 2. The van der Waals surface area contributed by atoms with Crippen LogP contribution in [-0.4, -0.2) is 6.71 Å². The van der Waals surface area contributed by atoms with Gasteiger partial charge < -0.3 is 9.80 Å². The molecule has 9 rings (SSSR count). The van der Waals surface area contributed by atoms with Crippen molar-refractivity contribution in [1.29, 1.82) is 0 Å². The van der Waals surface area contributed by atoms with Crippen LogP contribution in [0.25, 0.3) is 0 Å². The van der Waals surface area contributed by atoms with E-state index in [9.17, 15) is 0 Å². The zero-order valence-electron chi connectivity index (χ0n) is 31.3. The van der Waals surface area contributed by atoms with Gasteiger partial charge in [0.1, 0.15) is 0 Å².